The molecule has 0 unspecified atom stereocenters. The SMILES string of the molecule is Cc1cc2c(C(=O)O)cn(C)c(=O)c2[nH]1. The number of fused-ring (bicyclic) bond motifs is 1. The number of hydrogen-bond donors (Lipinski definition) is 2. The van der Waals surface area contributed by atoms with E-state index in [4.69, 9.17) is 5.11 Å². The number of carboxylic acid groups (broad SMARTS) is 1. The van der Waals surface area contributed by atoms with Crippen LogP contribution >= 0.6 is 0 Å². The van der Waals surface area contributed by atoms with Crippen molar-refractivity contribution in [1.82, 2.24) is 9.55 Å². The average molecular weight is 206 g/mol. The first-order valence-electron chi connectivity index (χ1n) is 4.43. The second-order valence-electron chi connectivity index (χ2n) is 3.51. The Balaban J connectivity index is 3.00. The predicted octanol–water partition coefficient (Wildman–Crippen LogP) is 0.873. The van der Waals surface area contributed by atoms with Crippen molar-refractivity contribution in [3.05, 3.63) is 33.9 Å². The van der Waals surface area contributed by atoms with Gasteiger partial charge < -0.3 is 14.7 Å². The molecule has 0 aliphatic carbocycles. The molecule has 2 heterocycles. The molecule has 15 heavy (non-hydrogen) atoms. The lowest BCUT2D eigenvalue weighted by molar-refractivity contribution is 0.0698. The first-order chi connectivity index (χ1) is 7.00. The zero-order valence-corrected chi connectivity index (χ0v) is 8.37. The van der Waals surface area contributed by atoms with Crippen LogP contribution in [0.2, 0.25) is 0 Å². The van der Waals surface area contributed by atoms with E-state index in [2.05, 4.69) is 4.98 Å². The number of nitrogens with zero attached hydrogens (tertiary/aromatic N) is 1. The Labute approximate surface area is 85.0 Å². The lowest BCUT2D eigenvalue weighted by atomic mass is 10.2. The summed E-state index contributed by atoms with van der Waals surface area (Å²) >= 11 is 0. The van der Waals surface area contributed by atoms with Crippen LogP contribution in [-0.4, -0.2) is 20.6 Å². The number of H-pyrrole nitrogens is 1. The van der Waals surface area contributed by atoms with E-state index >= 15 is 0 Å². The van der Waals surface area contributed by atoms with Crippen molar-refractivity contribution in [2.24, 2.45) is 7.05 Å². The maximum atomic E-state index is 11.7. The molecule has 0 bridgehead atoms. The van der Waals surface area contributed by atoms with Gasteiger partial charge in [0.2, 0.25) is 0 Å². The Kier molecular flexibility index (Phi) is 1.89. The van der Waals surface area contributed by atoms with E-state index in [1.165, 1.54) is 17.8 Å². The minimum Gasteiger partial charge on any atom is -0.478 e. The second-order valence-corrected chi connectivity index (χ2v) is 3.51. The number of aromatic carboxylic acids is 1. The van der Waals surface area contributed by atoms with Gasteiger partial charge in [-0.25, -0.2) is 4.79 Å². The summed E-state index contributed by atoms with van der Waals surface area (Å²) in [6.07, 6.45) is 1.33. The average Bonchev–Trinajstić information content (AvgIpc) is 2.53. The van der Waals surface area contributed by atoms with Crippen LogP contribution < -0.4 is 5.56 Å². The maximum absolute atomic E-state index is 11.7. The van der Waals surface area contributed by atoms with Crippen LogP contribution in [0.3, 0.4) is 0 Å². The fourth-order valence-corrected chi connectivity index (χ4v) is 1.64. The van der Waals surface area contributed by atoms with E-state index in [1.807, 2.05) is 0 Å². The number of rotatable bonds is 1. The number of carbonyl (C=O) groups is 1. The van der Waals surface area contributed by atoms with Crippen LogP contribution in [0.15, 0.2) is 17.1 Å². The zero-order chi connectivity index (χ0) is 11.2. The molecule has 5 heteroatoms. The van der Waals surface area contributed by atoms with E-state index in [0.717, 1.165) is 5.69 Å². The third kappa shape index (κ3) is 1.32. The van der Waals surface area contributed by atoms with Crippen molar-refractivity contribution in [1.29, 1.82) is 0 Å². The Morgan fingerprint density at radius 2 is 2.20 bits per heavy atom. The van der Waals surface area contributed by atoms with Gasteiger partial charge in [0.1, 0.15) is 5.52 Å². The zero-order valence-electron chi connectivity index (χ0n) is 8.37. The van der Waals surface area contributed by atoms with E-state index in [-0.39, 0.29) is 11.1 Å². The maximum Gasteiger partial charge on any atom is 0.337 e. The molecule has 0 radical (unpaired) electrons. The van der Waals surface area contributed by atoms with Gasteiger partial charge in [-0.3, -0.25) is 4.79 Å². The van der Waals surface area contributed by atoms with Crippen molar-refractivity contribution in [2.45, 2.75) is 6.92 Å². The summed E-state index contributed by atoms with van der Waals surface area (Å²) < 4.78 is 1.27. The number of aryl methyl sites for hydroxylation is 2. The summed E-state index contributed by atoms with van der Waals surface area (Å²) in [5.41, 5.74) is 1.03. The molecule has 0 atom stereocenters. The van der Waals surface area contributed by atoms with Crippen LogP contribution in [0.25, 0.3) is 10.9 Å². The minimum atomic E-state index is -1.03. The number of carboxylic acids is 1. The van der Waals surface area contributed by atoms with E-state index in [9.17, 15) is 9.59 Å². The molecule has 0 amide bonds. The van der Waals surface area contributed by atoms with Crippen molar-refractivity contribution in [3.63, 3.8) is 0 Å². The molecule has 5 nitrogen and oxygen atoms in total. The van der Waals surface area contributed by atoms with Crippen LogP contribution in [0.5, 0.6) is 0 Å². The first kappa shape index (κ1) is 9.51. The number of pyridine rings is 1. The quantitative estimate of drug-likeness (QED) is 0.727. The topological polar surface area (TPSA) is 75.1 Å². The molecule has 2 rings (SSSR count). The predicted molar refractivity (Wildman–Crippen MR) is 55.2 cm³/mol. The summed E-state index contributed by atoms with van der Waals surface area (Å²) in [7, 11) is 1.53. The minimum absolute atomic E-state index is 0.136. The Bertz CT molecular complexity index is 607. The normalized spacial score (nSPS) is 10.8. The highest BCUT2D eigenvalue weighted by Crippen LogP contribution is 2.16. The van der Waals surface area contributed by atoms with Crippen LogP contribution in [0.1, 0.15) is 16.1 Å². The largest absolute Gasteiger partial charge is 0.478 e. The lowest BCUT2D eigenvalue weighted by Gasteiger charge is -2.01. The summed E-state index contributed by atoms with van der Waals surface area (Å²) in [5.74, 6) is -1.03. The van der Waals surface area contributed by atoms with Gasteiger partial charge in [-0.15, -0.1) is 0 Å². The fraction of sp³-hybridized carbons (Fsp3) is 0.200. The molecule has 0 aromatic carbocycles. The monoisotopic (exact) mass is 206 g/mol. The van der Waals surface area contributed by atoms with Crippen molar-refractivity contribution in [3.8, 4) is 0 Å². The summed E-state index contributed by atoms with van der Waals surface area (Å²) in [5, 5.41) is 9.44. The van der Waals surface area contributed by atoms with Gasteiger partial charge in [0.15, 0.2) is 0 Å². The van der Waals surface area contributed by atoms with Crippen molar-refractivity contribution in [2.75, 3.05) is 0 Å². The highest BCUT2D eigenvalue weighted by Gasteiger charge is 2.14. The summed E-state index contributed by atoms with van der Waals surface area (Å²) in [4.78, 5) is 25.5. The van der Waals surface area contributed by atoms with Gasteiger partial charge in [0.25, 0.3) is 5.56 Å². The fourth-order valence-electron chi connectivity index (χ4n) is 1.64. The van der Waals surface area contributed by atoms with Crippen LogP contribution in [0, 0.1) is 6.92 Å². The highest BCUT2D eigenvalue weighted by atomic mass is 16.4. The molecule has 0 spiro atoms. The molecule has 2 N–H and O–H groups in total. The van der Waals surface area contributed by atoms with E-state index in [0.29, 0.717) is 10.9 Å². The number of aromatic nitrogens is 2. The molecule has 0 aliphatic rings. The first-order valence-corrected chi connectivity index (χ1v) is 4.43. The Morgan fingerprint density at radius 3 is 2.80 bits per heavy atom. The smallest absolute Gasteiger partial charge is 0.337 e. The van der Waals surface area contributed by atoms with Gasteiger partial charge in [-0.2, -0.15) is 0 Å². The van der Waals surface area contributed by atoms with Crippen LogP contribution in [0.4, 0.5) is 0 Å². The molecule has 0 saturated carbocycles. The molecular weight excluding hydrogens is 196 g/mol. The number of nitrogens with one attached hydrogen (secondary N) is 1. The third-order valence-corrected chi connectivity index (χ3v) is 2.33. The molecular formula is C10H10N2O3. The van der Waals surface area contributed by atoms with Gasteiger partial charge in [0, 0.05) is 24.3 Å². The lowest BCUT2D eigenvalue weighted by Crippen LogP contribution is -2.18. The molecule has 0 aliphatic heterocycles. The molecule has 2 aromatic heterocycles. The second kappa shape index (κ2) is 2.98. The summed E-state index contributed by atoms with van der Waals surface area (Å²) in [6.45, 7) is 1.78. The highest BCUT2D eigenvalue weighted by molar-refractivity contribution is 6.02. The van der Waals surface area contributed by atoms with Gasteiger partial charge in [-0.1, -0.05) is 0 Å². The number of hydrogen-bond acceptors (Lipinski definition) is 2. The van der Waals surface area contributed by atoms with E-state index < -0.39 is 5.97 Å². The van der Waals surface area contributed by atoms with Gasteiger partial charge in [-0.05, 0) is 13.0 Å². The molecule has 78 valence electrons. The van der Waals surface area contributed by atoms with E-state index in [1.54, 1.807) is 13.0 Å². The standard InChI is InChI=1S/C10H10N2O3/c1-5-3-6-7(10(14)15)4-12(2)9(13)8(6)11-5/h3-4,11H,1-2H3,(H,14,15). The van der Waals surface area contributed by atoms with Gasteiger partial charge in [0.05, 0.1) is 5.56 Å². The van der Waals surface area contributed by atoms with Crippen molar-refractivity contribution < 1.29 is 9.90 Å². The number of aromatic amines is 1. The molecule has 0 fully saturated rings. The van der Waals surface area contributed by atoms with Gasteiger partial charge >= 0.3 is 5.97 Å². The summed E-state index contributed by atoms with van der Waals surface area (Å²) in [6, 6.07) is 1.67. The third-order valence-electron chi connectivity index (χ3n) is 2.33. The van der Waals surface area contributed by atoms with Crippen LogP contribution in [-0.2, 0) is 7.05 Å². The molecule has 0 saturated heterocycles. The van der Waals surface area contributed by atoms with Crippen molar-refractivity contribution >= 4 is 16.9 Å². The Morgan fingerprint density at radius 1 is 1.53 bits per heavy atom. The Hall–Kier alpha value is -2.04. The molecule has 2 aromatic rings.